The Bertz CT molecular complexity index is 845. The molecule has 0 aliphatic heterocycles. The van der Waals surface area contributed by atoms with Gasteiger partial charge in [-0.3, -0.25) is 0 Å². The number of rotatable bonds is 10. The maximum absolute atomic E-state index is 13.3. The summed E-state index contributed by atoms with van der Waals surface area (Å²) in [7, 11) is 4.77. The summed E-state index contributed by atoms with van der Waals surface area (Å²) in [5.41, 5.74) is 0.858. The van der Waals surface area contributed by atoms with Crippen molar-refractivity contribution in [1.82, 2.24) is 10.6 Å². The Morgan fingerprint density at radius 2 is 1.70 bits per heavy atom. The van der Waals surface area contributed by atoms with Gasteiger partial charge in [0, 0.05) is 24.2 Å². The lowest BCUT2D eigenvalue weighted by Crippen LogP contribution is -2.41. The largest absolute Gasteiger partial charge is 0.496 e. The molecule has 0 radical (unpaired) electrons. The summed E-state index contributed by atoms with van der Waals surface area (Å²) in [6.45, 7) is 5.46. The number of ether oxygens (including phenoxy) is 4. The van der Waals surface area contributed by atoms with Gasteiger partial charge in [-0.2, -0.15) is 0 Å². The van der Waals surface area contributed by atoms with Crippen molar-refractivity contribution >= 4 is 5.96 Å². The van der Waals surface area contributed by atoms with Gasteiger partial charge in [-0.25, -0.2) is 9.38 Å². The van der Waals surface area contributed by atoms with Crippen molar-refractivity contribution in [2.24, 2.45) is 4.99 Å². The Balaban J connectivity index is 2.05. The summed E-state index contributed by atoms with van der Waals surface area (Å²) in [5, 5.41) is 6.43. The van der Waals surface area contributed by atoms with E-state index < -0.39 is 0 Å². The molecule has 1 unspecified atom stereocenters. The summed E-state index contributed by atoms with van der Waals surface area (Å²) in [5.74, 6) is 2.65. The van der Waals surface area contributed by atoms with Crippen LogP contribution in [0.1, 0.15) is 19.4 Å². The van der Waals surface area contributed by atoms with Crippen molar-refractivity contribution in [3.63, 3.8) is 0 Å². The molecule has 0 heterocycles. The molecule has 2 N–H and O–H groups in total. The minimum atomic E-state index is -0.327. The zero-order valence-corrected chi connectivity index (χ0v) is 18.1. The number of hydrogen-bond acceptors (Lipinski definition) is 5. The van der Waals surface area contributed by atoms with E-state index in [1.807, 2.05) is 19.9 Å². The van der Waals surface area contributed by atoms with Gasteiger partial charge < -0.3 is 29.6 Å². The lowest BCUT2D eigenvalue weighted by Gasteiger charge is -2.18. The van der Waals surface area contributed by atoms with Gasteiger partial charge in [-0.1, -0.05) is 6.07 Å². The number of hydrogen-bond donors (Lipinski definition) is 2. The monoisotopic (exact) mass is 419 g/mol. The third-order valence-electron chi connectivity index (χ3n) is 4.23. The summed E-state index contributed by atoms with van der Waals surface area (Å²) in [4.78, 5) is 4.62. The van der Waals surface area contributed by atoms with Crippen molar-refractivity contribution in [1.29, 1.82) is 0 Å². The first-order valence-electron chi connectivity index (χ1n) is 9.74. The van der Waals surface area contributed by atoms with Crippen LogP contribution >= 0.6 is 0 Å². The molecule has 0 bridgehead atoms. The van der Waals surface area contributed by atoms with Crippen LogP contribution in [0.2, 0.25) is 0 Å². The molecule has 164 valence electrons. The predicted octanol–water partition coefficient (Wildman–Crippen LogP) is 3.37. The molecule has 2 aromatic rings. The van der Waals surface area contributed by atoms with Crippen LogP contribution in [-0.4, -0.2) is 46.5 Å². The average molecular weight is 419 g/mol. The number of benzene rings is 2. The van der Waals surface area contributed by atoms with E-state index in [2.05, 4.69) is 15.6 Å². The van der Waals surface area contributed by atoms with Gasteiger partial charge in [0.2, 0.25) is 0 Å². The zero-order chi connectivity index (χ0) is 21.9. The Labute approximate surface area is 177 Å². The van der Waals surface area contributed by atoms with Gasteiger partial charge >= 0.3 is 0 Å². The van der Waals surface area contributed by atoms with Crippen molar-refractivity contribution in [2.75, 3.05) is 34.4 Å². The molecule has 2 rings (SSSR count). The number of halogens is 1. The van der Waals surface area contributed by atoms with Crippen LogP contribution in [0.5, 0.6) is 23.0 Å². The van der Waals surface area contributed by atoms with Gasteiger partial charge in [-0.15, -0.1) is 0 Å². The van der Waals surface area contributed by atoms with Gasteiger partial charge in [0.15, 0.2) is 17.5 Å². The predicted molar refractivity (Wildman–Crippen MR) is 115 cm³/mol. The Morgan fingerprint density at radius 1 is 1.00 bits per heavy atom. The van der Waals surface area contributed by atoms with Gasteiger partial charge in [0.25, 0.3) is 0 Å². The molecule has 0 aromatic heterocycles. The Morgan fingerprint density at radius 3 is 2.33 bits per heavy atom. The van der Waals surface area contributed by atoms with Crippen molar-refractivity contribution in [2.45, 2.75) is 26.5 Å². The van der Waals surface area contributed by atoms with Gasteiger partial charge in [0.05, 0.1) is 34.4 Å². The summed E-state index contributed by atoms with van der Waals surface area (Å²) in [6.07, 6.45) is -0.189. The molecule has 2 aromatic carbocycles. The lowest BCUT2D eigenvalue weighted by molar-refractivity contribution is 0.223. The Hall–Kier alpha value is -3.16. The molecule has 30 heavy (non-hydrogen) atoms. The molecule has 0 amide bonds. The molecular weight excluding hydrogens is 389 g/mol. The SMILES string of the molecule is CCNC(=NCc1cc(OC)c(OC)cc1OC)NCC(C)Oc1cccc(F)c1. The second-order valence-electron chi connectivity index (χ2n) is 6.48. The lowest BCUT2D eigenvalue weighted by atomic mass is 10.1. The van der Waals surface area contributed by atoms with E-state index in [-0.39, 0.29) is 11.9 Å². The first kappa shape index (κ1) is 23.1. The fourth-order valence-corrected chi connectivity index (χ4v) is 2.78. The second kappa shape index (κ2) is 11.7. The minimum Gasteiger partial charge on any atom is -0.496 e. The number of nitrogens with zero attached hydrogens (tertiary/aromatic N) is 1. The molecule has 0 aliphatic carbocycles. The Kier molecular flexibility index (Phi) is 9.05. The maximum atomic E-state index is 13.3. The average Bonchev–Trinajstić information content (AvgIpc) is 2.75. The van der Waals surface area contributed by atoms with E-state index in [1.54, 1.807) is 39.5 Å². The quantitative estimate of drug-likeness (QED) is 0.454. The fraction of sp³-hybridized carbons (Fsp3) is 0.409. The summed E-state index contributed by atoms with van der Waals surface area (Å²) in [6, 6.07) is 9.71. The molecule has 0 saturated heterocycles. The van der Waals surface area contributed by atoms with Crippen molar-refractivity contribution < 1.29 is 23.3 Å². The number of guanidine groups is 1. The summed E-state index contributed by atoms with van der Waals surface area (Å²) < 4.78 is 35.2. The molecule has 0 spiro atoms. The molecule has 0 aliphatic rings. The zero-order valence-electron chi connectivity index (χ0n) is 18.1. The second-order valence-corrected chi connectivity index (χ2v) is 6.48. The topological polar surface area (TPSA) is 73.3 Å². The minimum absolute atomic E-state index is 0.189. The van der Waals surface area contributed by atoms with E-state index in [4.69, 9.17) is 18.9 Å². The van der Waals surface area contributed by atoms with E-state index in [0.29, 0.717) is 48.6 Å². The van der Waals surface area contributed by atoms with Crippen LogP contribution < -0.4 is 29.6 Å². The number of aliphatic imine (C=N–C) groups is 1. The first-order chi connectivity index (χ1) is 14.5. The van der Waals surface area contributed by atoms with Gasteiger partial charge in [-0.05, 0) is 32.0 Å². The fourth-order valence-electron chi connectivity index (χ4n) is 2.78. The first-order valence-corrected chi connectivity index (χ1v) is 9.74. The van der Waals surface area contributed by atoms with Crippen LogP contribution in [-0.2, 0) is 6.54 Å². The number of methoxy groups -OCH3 is 3. The highest BCUT2D eigenvalue weighted by atomic mass is 19.1. The normalized spacial score (nSPS) is 12.1. The third-order valence-corrected chi connectivity index (χ3v) is 4.23. The smallest absolute Gasteiger partial charge is 0.191 e. The highest BCUT2D eigenvalue weighted by molar-refractivity contribution is 5.79. The standard InChI is InChI=1S/C22H30FN3O4/c1-6-24-22(25-13-15(2)30-18-9-7-8-17(23)11-18)26-14-16-10-20(28-4)21(29-5)12-19(16)27-3/h7-12,15H,6,13-14H2,1-5H3,(H2,24,25,26). The van der Waals surface area contributed by atoms with E-state index in [9.17, 15) is 4.39 Å². The third kappa shape index (κ3) is 6.72. The molecule has 0 fully saturated rings. The van der Waals surface area contributed by atoms with Crippen molar-refractivity contribution in [3.05, 3.63) is 47.8 Å². The molecule has 1 atom stereocenters. The highest BCUT2D eigenvalue weighted by Crippen LogP contribution is 2.34. The molecule has 8 heteroatoms. The highest BCUT2D eigenvalue weighted by Gasteiger charge is 2.12. The van der Waals surface area contributed by atoms with Crippen LogP contribution in [0, 0.1) is 5.82 Å². The molecule has 0 saturated carbocycles. The van der Waals surface area contributed by atoms with Crippen molar-refractivity contribution in [3.8, 4) is 23.0 Å². The summed E-state index contributed by atoms with van der Waals surface area (Å²) >= 11 is 0. The van der Waals surface area contributed by atoms with Crippen LogP contribution in [0.15, 0.2) is 41.4 Å². The van der Waals surface area contributed by atoms with Crippen LogP contribution in [0.4, 0.5) is 4.39 Å². The van der Waals surface area contributed by atoms with E-state index in [0.717, 1.165) is 5.56 Å². The van der Waals surface area contributed by atoms with Gasteiger partial charge in [0.1, 0.15) is 23.4 Å². The maximum Gasteiger partial charge on any atom is 0.191 e. The van der Waals surface area contributed by atoms with E-state index in [1.165, 1.54) is 12.1 Å². The van der Waals surface area contributed by atoms with E-state index >= 15 is 0 Å². The molecular formula is C22H30FN3O4. The van der Waals surface area contributed by atoms with Crippen LogP contribution in [0.3, 0.4) is 0 Å². The van der Waals surface area contributed by atoms with Crippen LogP contribution in [0.25, 0.3) is 0 Å². The molecule has 7 nitrogen and oxygen atoms in total. The number of nitrogens with one attached hydrogen (secondary N) is 2.